The second-order valence-corrected chi connectivity index (χ2v) is 8.15. The number of aromatic nitrogens is 3. The van der Waals surface area contributed by atoms with Crippen LogP contribution in [0.3, 0.4) is 0 Å². The number of fused-ring (bicyclic) bond motifs is 1. The maximum atomic E-state index is 13.0. The van der Waals surface area contributed by atoms with E-state index in [1.165, 1.54) is 17.3 Å². The fraction of sp³-hybridized carbons (Fsp3) is 0.364. The highest BCUT2D eigenvalue weighted by atomic mass is 32.2. The molecule has 30 heavy (non-hydrogen) atoms. The van der Waals surface area contributed by atoms with Crippen LogP contribution in [0.15, 0.2) is 52.5 Å². The maximum Gasteiger partial charge on any atom is 0.263 e. The van der Waals surface area contributed by atoms with Gasteiger partial charge in [0.25, 0.3) is 5.56 Å². The van der Waals surface area contributed by atoms with Crippen LogP contribution in [-0.2, 0) is 22.5 Å². The summed E-state index contributed by atoms with van der Waals surface area (Å²) in [6, 6.07) is 11.2. The SMILES string of the molecule is CCc1ccc(NC(=O)CSc2nc3ncccc3c(=O)n2CC2CCCO2)cc1. The lowest BCUT2D eigenvalue weighted by Crippen LogP contribution is -2.29. The van der Waals surface area contributed by atoms with Crippen molar-refractivity contribution in [3.8, 4) is 0 Å². The van der Waals surface area contributed by atoms with E-state index in [1.54, 1.807) is 22.9 Å². The molecular weight excluding hydrogens is 400 g/mol. The zero-order valence-corrected chi connectivity index (χ0v) is 17.7. The van der Waals surface area contributed by atoms with Gasteiger partial charge in [-0.25, -0.2) is 9.97 Å². The molecule has 3 aromatic rings. The molecule has 1 amide bonds. The summed E-state index contributed by atoms with van der Waals surface area (Å²) in [5.41, 5.74) is 2.21. The molecule has 0 saturated carbocycles. The Morgan fingerprint density at radius 1 is 1.30 bits per heavy atom. The van der Waals surface area contributed by atoms with Crippen molar-refractivity contribution < 1.29 is 9.53 Å². The molecule has 1 N–H and O–H groups in total. The Balaban J connectivity index is 1.52. The number of benzene rings is 1. The first-order valence-corrected chi connectivity index (χ1v) is 11.1. The van der Waals surface area contributed by atoms with Crippen molar-refractivity contribution >= 4 is 34.4 Å². The van der Waals surface area contributed by atoms with E-state index in [2.05, 4.69) is 22.2 Å². The van der Waals surface area contributed by atoms with E-state index in [9.17, 15) is 9.59 Å². The van der Waals surface area contributed by atoms with Gasteiger partial charge in [-0.1, -0.05) is 30.8 Å². The fourth-order valence-electron chi connectivity index (χ4n) is 3.45. The number of amides is 1. The van der Waals surface area contributed by atoms with Crippen molar-refractivity contribution in [1.29, 1.82) is 0 Å². The number of nitrogens with zero attached hydrogens (tertiary/aromatic N) is 3. The number of rotatable bonds is 7. The predicted octanol–water partition coefficient (Wildman–Crippen LogP) is 3.26. The van der Waals surface area contributed by atoms with Crippen LogP contribution in [0.5, 0.6) is 0 Å². The van der Waals surface area contributed by atoms with Crippen LogP contribution in [0.4, 0.5) is 5.69 Å². The monoisotopic (exact) mass is 424 g/mol. The topological polar surface area (TPSA) is 86.1 Å². The van der Waals surface area contributed by atoms with Gasteiger partial charge in [-0.15, -0.1) is 0 Å². The summed E-state index contributed by atoms with van der Waals surface area (Å²) >= 11 is 1.24. The summed E-state index contributed by atoms with van der Waals surface area (Å²) in [7, 11) is 0. The quantitative estimate of drug-likeness (QED) is 0.463. The molecule has 1 aliphatic heterocycles. The van der Waals surface area contributed by atoms with Gasteiger partial charge >= 0.3 is 0 Å². The van der Waals surface area contributed by atoms with Gasteiger partial charge in [0.15, 0.2) is 10.8 Å². The van der Waals surface area contributed by atoms with E-state index >= 15 is 0 Å². The summed E-state index contributed by atoms with van der Waals surface area (Å²) in [4.78, 5) is 34.3. The predicted molar refractivity (Wildman–Crippen MR) is 118 cm³/mol. The minimum absolute atomic E-state index is 0.0103. The molecule has 0 spiro atoms. The Labute approximate surface area is 178 Å². The summed E-state index contributed by atoms with van der Waals surface area (Å²) in [5.74, 6) is -0.00506. The van der Waals surface area contributed by atoms with Crippen molar-refractivity contribution in [3.05, 3.63) is 58.5 Å². The maximum absolute atomic E-state index is 13.0. The van der Waals surface area contributed by atoms with Gasteiger partial charge in [-0.05, 0) is 49.1 Å². The fourth-order valence-corrected chi connectivity index (χ4v) is 4.25. The van der Waals surface area contributed by atoms with Gasteiger partial charge in [0.1, 0.15) is 0 Å². The second kappa shape index (κ2) is 9.40. The number of hydrogen-bond acceptors (Lipinski definition) is 6. The smallest absolute Gasteiger partial charge is 0.263 e. The molecule has 4 rings (SSSR count). The van der Waals surface area contributed by atoms with Crippen LogP contribution >= 0.6 is 11.8 Å². The van der Waals surface area contributed by atoms with Crippen LogP contribution < -0.4 is 10.9 Å². The summed E-state index contributed by atoms with van der Waals surface area (Å²) in [6.07, 6.45) is 4.46. The highest BCUT2D eigenvalue weighted by Gasteiger charge is 2.21. The Morgan fingerprint density at radius 3 is 2.87 bits per heavy atom. The summed E-state index contributed by atoms with van der Waals surface area (Å²) < 4.78 is 7.33. The average Bonchev–Trinajstić information content (AvgIpc) is 3.28. The number of nitrogens with one attached hydrogen (secondary N) is 1. The van der Waals surface area contributed by atoms with E-state index in [4.69, 9.17) is 4.74 Å². The van der Waals surface area contributed by atoms with Crippen molar-refractivity contribution in [2.45, 2.75) is 44.0 Å². The van der Waals surface area contributed by atoms with Gasteiger partial charge < -0.3 is 10.1 Å². The third kappa shape index (κ3) is 4.71. The lowest BCUT2D eigenvalue weighted by atomic mass is 10.1. The number of anilines is 1. The van der Waals surface area contributed by atoms with E-state index in [1.807, 2.05) is 24.3 Å². The minimum atomic E-state index is -0.151. The number of hydrogen-bond donors (Lipinski definition) is 1. The lowest BCUT2D eigenvalue weighted by Gasteiger charge is -2.16. The third-order valence-electron chi connectivity index (χ3n) is 5.08. The number of carbonyl (C=O) groups is 1. The van der Waals surface area contributed by atoms with Gasteiger partial charge in [-0.3, -0.25) is 14.2 Å². The molecule has 7 nitrogen and oxygen atoms in total. The zero-order valence-electron chi connectivity index (χ0n) is 16.8. The normalized spacial score (nSPS) is 16.1. The molecule has 1 aromatic carbocycles. The molecule has 0 radical (unpaired) electrons. The van der Waals surface area contributed by atoms with Crippen LogP contribution in [0.25, 0.3) is 11.0 Å². The van der Waals surface area contributed by atoms with Gasteiger partial charge in [0.2, 0.25) is 5.91 Å². The lowest BCUT2D eigenvalue weighted by molar-refractivity contribution is -0.113. The second-order valence-electron chi connectivity index (χ2n) is 7.21. The van der Waals surface area contributed by atoms with Crippen molar-refractivity contribution in [3.63, 3.8) is 0 Å². The minimum Gasteiger partial charge on any atom is -0.376 e. The number of pyridine rings is 1. The molecule has 0 aliphatic carbocycles. The van der Waals surface area contributed by atoms with E-state index < -0.39 is 0 Å². The zero-order chi connectivity index (χ0) is 20.9. The molecule has 1 aliphatic rings. The Morgan fingerprint density at radius 2 is 2.13 bits per heavy atom. The first-order chi connectivity index (χ1) is 14.6. The molecule has 1 saturated heterocycles. The molecular formula is C22H24N4O3S. The Hall–Kier alpha value is -2.71. The molecule has 8 heteroatoms. The van der Waals surface area contributed by atoms with E-state index in [0.717, 1.165) is 24.9 Å². The number of aryl methyl sites for hydroxylation is 1. The van der Waals surface area contributed by atoms with Crippen molar-refractivity contribution in [2.24, 2.45) is 0 Å². The van der Waals surface area contributed by atoms with Crippen LogP contribution in [0.2, 0.25) is 0 Å². The number of ether oxygens (including phenoxy) is 1. The summed E-state index contributed by atoms with van der Waals surface area (Å²) in [6.45, 7) is 3.23. The summed E-state index contributed by atoms with van der Waals surface area (Å²) in [5, 5.41) is 3.85. The number of thioether (sulfide) groups is 1. The van der Waals surface area contributed by atoms with Crippen LogP contribution in [-0.4, -0.2) is 38.9 Å². The highest BCUT2D eigenvalue weighted by molar-refractivity contribution is 7.99. The molecule has 1 unspecified atom stereocenters. The number of carbonyl (C=O) groups excluding carboxylic acids is 1. The van der Waals surface area contributed by atoms with Crippen LogP contribution in [0.1, 0.15) is 25.3 Å². The van der Waals surface area contributed by atoms with Gasteiger partial charge in [0.05, 0.1) is 23.8 Å². The Kier molecular flexibility index (Phi) is 6.44. The largest absolute Gasteiger partial charge is 0.376 e. The average molecular weight is 425 g/mol. The molecule has 1 atom stereocenters. The molecule has 0 bridgehead atoms. The molecule has 156 valence electrons. The molecule has 1 fully saturated rings. The van der Waals surface area contributed by atoms with Crippen molar-refractivity contribution in [1.82, 2.24) is 14.5 Å². The van der Waals surface area contributed by atoms with E-state index in [0.29, 0.717) is 29.3 Å². The third-order valence-corrected chi connectivity index (χ3v) is 6.06. The molecule has 2 aromatic heterocycles. The van der Waals surface area contributed by atoms with E-state index in [-0.39, 0.29) is 23.3 Å². The van der Waals surface area contributed by atoms with Crippen molar-refractivity contribution in [2.75, 3.05) is 17.7 Å². The van der Waals surface area contributed by atoms with Gasteiger partial charge in [0, 0.05) is 18.5 Å². The standard InChI is InChI=1S/C22H24N4O3S/c1-2-15-7-9-16(10-8-15)24-19(27)14-30-22-25-20-18(6-3-11-23-20)21(28)26(22)13-17-5-4-12-29-17/h3,6-11,17H,2,4-5,12-14H2,1H3,(H,24,27). The Bertz CT molecular complexity index is 1090. The molecule has 3 heterocycles. The first kappa shape index (κ1) is 20.6. The highest BCUT2D eigenvalue weighted by Crippen LogP contribution is 2.21. The first-order valence-electron chi connectivity index (χ1n) is 10.1. The van der Waals surface area contributed by atoms with Crippen LogP contribution in [0, 0.1) is 0 Å². The van der Waals surface area contributed by atoms with Gasteiger partial charge in [-0.2, -0.15) is 0 Å².